The molecule has 0 aliphatic carbocycles. The predicted molar refractivity (Wildman–Crippen MR) is 88.6 cm³/mol. The summed E-state index contributed by atoms with van der Waals surface area (Å²) in [4.78, 5) is 0. The van der Waals surface area contributed by atoms with Crippen molar-refractivity contribution in [1.82, 2.24) is 0 Å². The zero-order valence-corrected chi connectivity index (χ0v) is 13.3. The third-order valence-corrected chi connectivity index (χ3v) is 3.29. The van der Waals surface area contributed by atoms with Crippen LogP contribution >= 0.6 is 0 Å². The van der Waals surface area contributed by atoms with Crippen molar-refractivity contribution in [3.05, 3.63) is 58.7 Å². The fourth-order valence-electron chi connectivity index (χ4n) is 2.12. The fraction of sp³-hybridized carbons (Fsp3) is 0.200. The number of hydrogen-bond donors (Lipinski definition) is 0. The maximum atomic E-state index is 5.45. The Bertz CT molecular complexity index is 686. The number of hydrogen-bond acceptors (Lipinski definition) is 2. The minimum absolute atomic E-state index is 0.785. The molecule has 0 atom stereocenters. The van der Waals surface area contributed by atoms with E-state index >= 15 is 0 Å². The molecule has 0 saturated heterocycles. The average Bonchev–Trinajstić information content (AvgIpc) is 2.47. The first-order valence-electron chi connectivity index (χ1n) is 7.05. The van der Waals surface area contributed by atoms with Gasteiger partial charge in [-0.05, 0) is 49.9 Å². The molecule has 2 aromatic rings. The van der Waals surface area contributed by atoms with Gasteiger partial charge in [0.05, 0.1) is 0 Å². The first-order valence-corrected chi connectivity index (χ1v) is 7.05. The van der Waals surface area contributed by atoms with Crippen LogP contribution in [0.1, 0.15) is 22.3 Å². The maximum Gasteiger partial charge on any atom is 0.146 e. The van der Waals surface area contributed by atoms with Gasteiger partial charge in [-0.2, -0.15) is 0 Å². The SMILES string of the molecule is Cc1cccc(C)c1OC#CC#COc1c(C)cccc1C. The molecule has 0 aliphatic heterocycles. The van der Waals surface area contributed by atoms with Crippen molar-refractivity contribution >= 4 is 0 Å². The highest BCUT2D eigenvalue weighted by Gasteiger charge is 2.01. The molecule has 2 nitrogen and oxygen atoms in total. The largest absolute Gasteiger partial charge is 0.406 e. The molecule has 0 aromatic heterocycles. The lowest BCUT2D eigenvalue weighted by Gasteiger charge is -2.04. The Morgan fingerprint density at radius 2 is 0.909 bits per heavy atom. The molecule has 0 saturated carbocycles. The summed E-state index contributed by atoms with van der Waals surface area (Å²) in [6, 6.07) is 11.9. The van der Waals surface area contributed by atoms with Gasteiger partial charge in [-0.15, -0.1) is 0 Å². The fourth-order valence-corrected chi connectivity index (χ4v) is 2.12. The molecule has 0 fully saturated rings. The van der Waals surface area contributed by atoms with E-state index in [0.29, 0.717) is 0 Å². The standard InChI is InChI=1S/C20H18O2/c1-15-9-7-10-16(2)19(15)21-13-5-6-14-22-20-17(3)11-8-12-18(20)4/h7-12H,1-4H3. The van der Waals surface area contributed by atoms with Crippen LogP contribution in [0.5, 0.6) is 11.5 Å². The molecule has 2 heteroatoms. The van der Waals surface area contributed by atoms with Gasteiger partial charge in [0.25, 0.3) is 0 Å². The Morgan fingerprint density at radius 1 is 0.591 bits per heavy atom. The predicted octanol–water partition coefficient (Wildman–Crippen LogP) is 4.30. The summed E-state index contributed by atoms with van der Waals surface area (Å²) in [5.74, 6) is 6.85. The van der Waals surface area contributed by atoms with Crippen LogP contribution in [0.25, 0.3) is 0 Å². The van der Waals surface area contributed by atoms with Crippen molar-refractivity contribution in [1.29, 1.82) is 0 Å². The summed E-state index contributed by atoms with van der Waals surface area (Å²) < 4.78 is 10.9. The highest BCUT2D eigenvalue weighted by molar-refractivity contribution is 5.42. The number of para-hydroxylation sites is 2. The van der Waals surface area contributed by atoms with Gasteiger partial charge < -0.3 is 9.47 Å². The van der Waals surface area contributed by atoms with Gasteiger partial charge in [0.15, 0.2) is 0 Å². The average molecular weight is 290 g/mol. The van der Waals surface area contributed by atoms with Crippen LogP contribution in [0.15, 0.2) is 36.4 Å². The number of rotatable bonds is 2. The van der Waals surface area contributed by atoms with E-state index < -0.39 is 0 Å². The minimum Gasteiger partial charge on any atom is -0.406 e. The van der Waals surface area contributed by atoms with E-state index in [1.165, 1.54) is 0 Å². The summed E-state index contributed by atoms with van der Waals surface area (Å²) in [6.45, 7) is 7.94. The molecular weight excluding hydrogens is 272 g/mol. The Balaban J connectivity index is 2.01. The molecule has 2 aromatic carbocycles. The van der Waals surface area contributed by atoms with Crippen LogP contribution in [0.4, 0.5) is 0 Å². The van der Waals surface area contributed by atoms with Gasteiger partial charge in [-0.25, -0.2) is 0 Å². The normalized spacial score (nSPS) is 9.09. The monoisotopic (exact) mass is 290 g/mol. The summed E-state index contributed by atoms with van der Waals surface area (Å²) >= 11 is 0. The molecule has 2 rings (SSSR count). The summed E-state index contributed by atoms with van der Waals surface area (Å²) in [6.07, 6.45) is 5.19. The molecule has 0 amide bonds. The number of aryl methyl sites for hydroxylation is 4. The second kappa shape index (κ2) is 7.25. The number of ether oxygens (including phenoxy) is 2. The maximum absolute atomic E-state index is 5.45. The van der Waals surface area contributed by atoms with Crippen LogP contribution < -0.4 is 9.47 Å². The molecule has 0 heterocycles. The summed E-state index contributed by atoms with van der Waals surface area (Å²) in [5, 5.41) is 0. The van der Waals surface area contributed by atoms with Crippen molar-refractivity contribution in [2.45, 2.75) is 27.7 Å². The second-order valence-electron chi connectivity index (χ2n) is 5.10. The molecule has 0 radical (unpaired) electrons. The van der Waals surface area contributed by atoms with Crippen LogP contribution in [0.3, 0.4) is 0 Å². The molecule has 0 N–H and O–H groups in total. The van der Waals surface area contributed by atoms with Gasteiger partial charge in [0.1, 0.15) is 23.7 Å². The zero-order chi connectivity index (χ0) is 15.9. The quantitative estimate of drug-likeness (QED) is 0.768. The van der Waals surface area contributed by atoms with Crippen LogP contribution in [-0.4, -0.2) is 0 Å². The van der Waals surface area contributed by atoms with E-state index in [-0.39, 0.29) is 0 Å². The van der Waals surface area contributed by atoms with E-state index in [2.05, 4.69) is 24.1 Å². The van der Waals surface area contributed by atoms with Gasteiger partial charge in [0.2, 0.25) is 0 Å². The third kappa shape index (κ3) is 3.84. The first kappa shape index (κ1) is 15.5. The molecule has 22 heavy (non-hydrogen) atoms. The highest BCUT2D eigenvalue weighted by atomic mass is 16.5. The van der Waals surface area contributed by atoms with Crippen LogP contribution in [-0.2, 0) is 0 Å². The Labute approximate surface area is 132 Å². The molecular formula is C20H18O2. The van der Waals surface area contributed by atoms with Gasteiger partial charge in [0, 0.05) is 11.8 Å². The van der Waals surface area contributed by atoms with Crippen molar-refractivity contribution in [3.8, 4) is 35.6 Å². The molecule has 0 unspecified atom stereocenters. The zero-order valence-electron chi connectivity index (χ0n) is 13.3. The Morgan fingerprint density at radius 3 is 1.23 bits per heavy atom. The lowest BCUT2D eigenvalue weighted by molar-refractivity contribution is 0.509. The van der Waals surface area contributed by atoms with E-state index in [1.54, 1.807) is 0 Å². The van der Waals surface area contributed by atoms with E-state index in [9.17, 15) is 0 Å². The topological polar surface area (TPSA) is 18.5 Å². The Kier molecular flexibility index (Phi) is 5.12. The van der Waals surface area contributed by atoms with Crippen LogP contribution in [0, 0.1) is 51.7 Å². The molecule has 110 valence electrons. The minimum atomic E-state index is 0.785. The molecule has 0 spiro atoms. The van der Waals surface area contributed by atoms with Crippen molar-refractivity contribution in [3.63, 3.8) is 0 Å². The molecule has 0 bridgehead atoms. The van der Waals surface area contributed by atoms with Crippen molar-refractivity contribution in [2.24, 2.45) is 0 Å². The van der Waals surface area contributed by atoms with Gasteiger partial charge in [-0.1, -0.05) is 36.4 Å². The highest BCUT2D eigenvalue weighted by Crippen LogP contribution is 2.22. The van der Waals surface area contributed by atoms with Crippen LogP contribution in [0.2, 0.25) is 0 Å². The first-order chi connectivity index (χ1) is 10.6. The third-order valence-electron chi connectivity index (χ3n) is 3.29. The smallest absolute Gasteiger partial charge is 0.146 e. The van der Waals surface area contributed by atoms with Crippen molar-refractivity contribution in [2.75, 3.05) is 0 Å². The summed E-state index contributed by atoms with van der Waals surface area (Å²) in [5.41, 5.74) is 4.20. The lowest BCUT2D eigenvalue weighted by Crippen LogP contribution is -1.90. The molecule has 0 aliphatic rings. The summed E-state index contributed by atoms with van der Waals surface area (Å²) in [7, 11) is 0. The second-order valence-corrected chi connectivity index (χ2v) is 5.10. The van der Waals surface area contributed by atoms with E-state index in [1.807, 2.05) is 64.1 Å². The Hall–Kier alpha value is -2.84. The van der Waals surface area contributed by atoms with Crippen molar-refractivity contribution < 1.29 is 9.47 Å². The number of benzene rings is 2. The van der Waals surface area contributed by atoms with Gasteiger partial charge >= 0.3 is 0 Å². The van der Waals surface area contributed by atoms with E-state index in [4.69, 9.17) is 9.47 Å². The lowest BCUT2D eigenvalue weighted by atomic mass is 10.1. The van der Waals surface area contributed by atoms with Gasteiger partial charge in [-0.3, -0.25) is 0 Å². The van der Waals surface area contributed by atoms with E-state index in [0.717, 1.165) is 33.8 Å².